The van der Waals surface area contributed by atoms with Gasteiger partial charge in [-0.15, -0.1) is 5.11 Å². The molecule has 0 aliphatic carbocycles. The van der Waals surface area contributed by atoms with Crippen LogP contribution in [-0.2, 0) is 20.2 Å². The van der Waals surface area contributed by atoms with Gasteiger partial charge in [-0.2, -0.15) is 21.9 Å². The van der Waals surface area contributed by atoms with Gasteiger partial charge in [-0.1, -0.05) is 12.1 Å². The van der Waals surface area contributed by atoms with Crippen molar-refractivity contribution in [3.05, 3.63) is 65.7 Å². The Bertz CT molecular complexity index is 1850. The van der Waals surface area contributed by atoms with Gasteiger partial charge >= 0.3 is 0 Å². The van der Waals surface area contributed by atoms with Crippen LogP contribution >= 0.6 is 0 Å². The monoisotopic (exact) mass is 556 g/mol. The Labute approximate surface area is 219 Å². The van der Waals surface area contributed by atoms with Crippen LogP contribution in [0.1, 0.15) is 11.1 Å². The van der Waals surface area contributed by atoms with Crippen LogP contribution in [0.2, 0.25) is 0 Å². The first-order chi connectivity index (χ1) is 17.7. The second kappa shape index (κ2) is 9.68. The smallest absolute Gasteiger partial charge is 0.296 e. The number of anilines is 2. The van der Waals surface area contributed by atoms with E-state index in [9.17, 15) is 31.0 Å². The van der Waals surface area contributed by atoms with E-state index in [1.807, 2.05) is 44.3 Å². The number of azo groups is 1. The summed E-state index contributed by atoms with van der Waals surface area (Å²) in [7, 11) is -7.79. The molecule has 4 aromatic rings. The molecule has 0 aliphatic rings. The van der Waals surface area contributed by atoms with Gasteiger partial charge in [-0.3, -0.25) is 9.11 Å². The van der Waals surface area contributed by atoms with Gasteiger partial charge < -0.3 is 16.2 Å². The van der Waals surface area contributed by atoms with Crippen molar-refractivity contribution >= 4 is 53.8 Å². The van der Waals surface area contributed by atoms with E-state index >= 15 is 0 Å². The van der Waals surface area contributed by atoms with Crippen molar-refractivity contribution in [2.45, 2.75) is 23.6 Å². The fourth-order valence-corrected chi connectivity index (χ4v) is 5.32. The van der Waals surface area contributed by atoms with Crippen LogP contribution in [0, 0.1) is 13.8 Å². The minimum atomic E-state index is -4.95. The Morgan fingerprint density at radius 3 is 2.00 bits per heavy atom. The van der Waals surface area contributed by atoms with E-state index in [1.54, 1.807) is 13.0 Å². The maximum atomic E-state index is 12.1. The van der Waals surface area contributed by atoms with Crippen molar-refractivity contribution in [3.63, 3.8) is 0 Å². The lowest BCUT2D eigenvalue weighted by atomic mass is 10.00. The maximum absolute atomic E-state index is 12.1. The number of fused-ring (bicyclic) bond motifs is 1. The first-order valence-corrected chi connectivity index (χ1v) is 13.9. The summed E-state index contributed by atoms with van der Waals surface area (Å²) in [6.45, 7) is 3.77. The summed E-state index contributed by atoms with van der Waals surface area (Å²) >= 11 is 0. The van der Waals surface area contributed by atoms with Gasteiger partial charge in [0.25, 0.3) is 20.2 Å². The highest BCUT2D eigenvalue weighted by Gasteiger charge is 2.24. The Hall–Kier alpha value is -4.04. The molecule has 0 spiro atoms. The van der Waals surface area contributed by atoms with Crippen molar-refractivity contribution in [3.8, 4) is 16.9 Å². The van der Waals surface area contributed by atoms with E-state index in [0.717, 1.165) is 40.6 Å². The number of aryl methyl sites for hydroxylation is 2. The quantitative estimate of drug-likeness (QED) is 0.118. The van der Waals surface area contributed by atoms with E-state index < -0.39 is 41.5 Å². The minimum absolute atomic E-state index is 0.133. The van der Waals surface area contributed by atoms with Gasteiger partial charge in [-0.25, -0.2) is 0 Å². The molecule has 6 N–H and O–H groups in total. The fraction of sp³-hybridized carbons (Fsp3) is 0.120. The number of benzene rings is 4. The summed E-state index contributed by atoms with van der Waals surface area (Å²) in [4.78, 5) is -1.45. The van der Waals surface area contributed by atoms with E-state index in [-0.39, 0.29) is 16.5 Å². The van der Waals surface area contributed by atoms with Crippen molar-refractivity contribution in [2.75, 3.05) is 18.1 Å². The highest BCUT2D eigenvalue weighted by Crippen LogP contribution is 2.44. The number of phenolic OH excluding ortho intramolecular Hbond substituents is 1. The fourth-order valence-electron chi connectivity index (χ4n) is 4.11. The molecule has 4 rings (SSSR count). The number of hydrogen-bond donors (Lipinski definition) is 5. The molecular formula is C25H24N4O7S2. The van der Waals surface area contributed by atoms with Crippen molar-refractivity contribution in [1.82, 2.24) is 0 Å². The van der Waals surface area contributed by atoms with Crippen LogP contribution in [0.25, 0.3) is 21.9 Å². The number of nitrogens with zero attached hydrogens (tertiary/aromatic N) is 2. The number of nitrogens with two attached hydrogens (primary N) is 1. The predicted octanol–water partition coefficient (Wildman–Crippen LogP) is 5.36. The highest BCUT2D eigenvalue weighted by molar-refractivity contribution is 7.86. The Kier molecular flexibility index (Phi) is 6.88. The molecule has 0 saturated carbocycles. The van der Waals surface area contributed by atoms with Gasteiger partial charge in [0.05, 0.1) is 10.6 Å². The molecule has 38 heavy (non-hydrogen) atoms. The molecule has 0 aromatic heterocycles. The van der Waals surface area contributed by atoms with Gasteiger partial charge in [0, 0.05) is 23.8 Å². The van der Waals surface area contributed by atoms with Crippen LogP contribution in [0.4, 0.5) is 22.7 Å². The van der Waals surface area contributed by atoms with Crippen LogP contribution in [0.5, 0.6) is 5.75 Å². The SMILES string of the molecule is CNc1ccc(-c2ccc(N=Nc3c(S(=O)(=O)O)cc4cc(S(=O)(=O)O)cc(N)c4c3O)c(C)c2)cc1C. The molecule has 13 heteroatoms. The summed E-state index contributed by atoms with van der Waals surface area (Å²) in [5, 5.41) is 21.7. The lowest BCUT2D eigenvalue weighted by Crippen LogP contribution is -2.02. The summed E-state index contributed by atoms with van der Waals surface area (Å²) in [5.41, 5.74) is 10.1. The average molecular weight is 557 g/mol. The molecule has 0 fully saturated rings. The molecule has 0 amide bonds. The van der Waals surface area contributed by atoms with Gasteiger partial charge in [0.1, 0.15) is 10.6 Å². The second-order valence-corrected chi connectivity index (χ2v) is 11.4. The maximum Gasteiger partial charge on any atom is 0.296 e. The predicted molar refractivity (Wildman–Crippen MR) is 145 cm³/mol. The summed E-state index contributed by atoms with van der Waals surface area (Å²) in [6, 6.07) is 14.0. The van der Waals surface area contributed by atoms with Crippen molar-refractivity contribution in [1.29, 1.82) is 0 Å². The molecule has 0 bridgehead atoms. The second-order valence-electron chi connectivity index (χ2n) is 8.61. The largest absolute Gasteiger partial charge is 0.505 e. The number of aromatic hydroxyl groups is 1. The van der Waals surface area contributed by atoms with Crippen molar-refractivity contribution in [2.24, 2.45) is 10.2 Å². The Morgan fingerprint density at radius 2 is 1.45 bits per heavy atom. The summed E-state index contributed by atoms with van der Waals surface area (Å²) < 4.78 is 66.4. The minimum Gasteiger partial charge on any atom is -0.505 e. The molecule has 0 radical (unpaired) electrons. The molecule has 0 heterocycles. The van der Waals surface area contributed by atoms with E-state index in [0.29, 0.717) is 11.3 Å². The van der Waals surface area contributed by atoms with Crippen LogP contribution < -0.4 is 11.1 Å². The third-order valence-electron chi connectivity index (χ3n) is 6.01. The zero-order chi connectivity index (χ0) is 28.0. The average Bonchev–Trinajstić information content (AvgIpc) is 2.82. The van der Waals surface area contributed by atoms with E-state index in [2.05, 4.69) is 15.5 Å². The first kappa shape index (κ1) is 27.0. The lowest BCUT2D eigenvalue weighted by Gasteiger charge is -2.12. The number of nitrogens with one attached hydrogen (secondary N) is 1. The molecule has 0 saturated heterocycles. The molecule has 0 aliphatic heterocycles. The Balaban J connectivity index is 1.83. The molecule has 4 aromatic carbocycles. The van der Waals surface area contributed by atoms with Crippen LogP contribution in [0.3, 0.4) is 0 Å². The van der Waals surface area contributed by atoms with E-state index in [4.69, 9.17) is 5.73 Å². The molecule has 0 unspecified atom stereocenters. The summed E-state index contributed by atoms with van der Waals surface area (Å²) in [5.74, 6) is -0.743. The number of phenols is 1. The third-order valence-corrected chi connectivity index (χ3v) is 7.71. The van der Waals surface area contributed by atoms with Gasteiger partial charge in [-0.05, 0) is 84.0 Å². The van der Waals surface area contributed by atoms with Crippen LogP contribution in [-0.4, -0.2) is 38.1 Å². The third kappa shape index (κ3) is 5.17. The van der Waals surface area contributed by atoms with Gasteiger partial charge in [0.2, 0.25) is 0 Å². The van der Waals surface area contributed by atoms with Crippen molar-refractivity contribution < 1.29 is 31.0 Å². The molecule has 11 nitrogen and oxygen atoms in total. The molecule has 0 atom stereocenters. The Morgan fingerprint density at radius 1 is 0.816 bits per heavy atom. The van der Waals surface area contributed by atoms with Gasteiger partial charge in [0.15, 0.2) is 5.75 Å². The number of rotatable bonds is 6. The van der Waals surface area contributed by atoms with Crippen LogP contribution in [0.15, 0.2) is 74.6 Å². The number of hydrogen-bond acceptors (Lipinski definition) is 9. The van der Waals surface area contributed by atoms with E-state index in [1.165, 1.54) is 0 Å². The number of nitrogen functional groups attached to an aromatic ring is 1. The zero-order valence-corrected chi connectivity index (χ0v) is 22.1. The molecular weight excluding hydrogens is 532 g/mol. The topological polar surface area (TPSA) is 192 Å². The lowest BCUT2D eigenvalue weighted by molar-refractivity contribution is 0.472. The highest BCUT2D eigenvalue weighted by atomic mass is 32.2. The first-order valence-electron chi connectivity index (χ1n) is 11.1. The standard InChI is InChI=1S/C25H24N4O7S2/c1-13-8-15(4-6-20(13)27-3)16-5-7-21(14(2)9-16)28-29-24-22(38(34,35)36)11-17-10-18(37(31,32)33)12-19(26)23(17)25(24)30/h4-12,27,30H,26H2,1-3H3,(H,31,32,33)(H,34,35,36). The molecule has 198 valence electrons. The zero-order valence-electron chi connectivity index (χ0n) is 20.5. The summed E-state index contributed by atoms with van der Waals surface area (Å²) in [6.07, 6.45) is 0. The normalized spacial score (nSPS) is 12.3.